The molecule has 1 aromatic heterocycles. The average Bonchev–Trinajstić information content (AvgIpc) is 2.84. The van der Waals surface area contributed by atoms with Crippen LogP contribution in [-0.2, 0) is 4.74 Å². The van der Waals surface area contributed by atoms with Gasteiger partial charge in [0.05, 0.1) is 13.2 Å². The highest BCUT2D eigenvalue weighted by molar-refractivity contribution is 5.33. The maximum absolute atomic E-state index is 8.08. The smallest absolute Gasteiger partial charge is 0.226 e. The summed E-state index contributed by atoms with van der Waals surface area (Å²) in [5.74, 6) is 0.125. The highest BCUT2D eigenvalue weighted by atomic mass is 16.6. The van der Waals surface area contributed by atoms with Gasteiger partial charge in [-0.15, -0.1) is 0 Å². The first-order valence-corrected chi connectivity index (χ1v) is 3.86. The lowest BCUT2D eigenvalue weighted by molar-refractivity contribution is 0.244. The van der Waals surface area contributed by atoms with Crippen molar-refractivity contribution in [3.63, 3.8) is 0 Å². The van der Waals surface area contributed by atoms with E-state index in [0.29, 0.717) is 0 Å². The second-order valence-corrected chi connectivity index (χ2v) is 2.55. The fraction of sp³-hybridized carbons (Fsp3) is 0.500. The molecule has 14 heavy (non-hydrogen) atoms. The van der Waals surface area contributed by atoms with E-state index in [4.69, 9.17) is 22.3 Å². The van der Waals surface area contributed by atoms with Crippen LogP contribution in [0.25, 0.3) is 0 Å². The SMILES string of the molecule is Nc1nc(N)nc(N)n1.OCC1CO1. The van der Waals surface area contributed by atoms with E-state index in [-0.39, 0.29) is 30.6 Å². The third-order valence-corrected chi connectivity index (χ3v) is 1.29. The van der Waals surface area contributed by atoms with Crippen LogP contribution in [0.3, 0.4) is 0 Å². The molecule has 0 bridgehead atoms. The van der Waals surface area contributed by atoms with Crippen LogP contribution >= 0.6 is 0 Å². The number of aliphatic hydroxyl groups excluding tert-OH is 1. The molecule has 7 N–H and O–H groups in total. The zero-order chi connectivity index (χ0) is 10.6. The number of aliphatic hydroxyl groups is 1. The van der Waals surface area contributed by atoms with E-state index in [1.54, 1.807) is 0 Å². The number of ether oxygens (including phenoxy) is 1. The Kier molecular flexibility index (Phi) is 3.37. The summed E-state index contributed by atoms with van der Waals surface area (Å²) < 4.78 is 4.61. The van der Waals surface area contributed by atoms with Crippen LogP contribution in [0, 0.1) is 0 Å². The van der Waals surface area contributed by atoms with Gasteiger partial charge in [-0.1, -0.05) is 0 Å². The fourth-order valence-electron chi connectivity index (χ4n) is 0.601. The molecular weight excluding hydrogens is 188 g/mol. The maximum Gasteiger partial charge on any atom is 0.226 e. The lowest BCUT2D eigenvalue weighted by Gasteiger charge is -1.93. The zero-order valence-corrected chi connectivity index (χ0v) is 7.42. The zero-order valence-electron chi connectivity index (χ0n) is 7.42. The Morgan fingerprint density at radius 1 is 1.14 bits per heavy atom. The van der Waals surface area contributed by atoms with Gasteiger partial charge >= 0.3 is 0 Å². The van der Waals surface area contributed by atoms with Gasteiger partial charge in [-0.05, 0) is 0 Å². The molecule has 0 amide bonds. The molecule has 1 aliphatic heterocycles. The second-order valence-electron chi connectivity index (χ2n) is 2.55. The van der Waals surface area contributed by atoms with Crippen molar-refractivity contribution < 1.29 is 9.84 Å². The van der Waals surface area contributed by atoms with Crippen molar-refractivity contribution in [1.29, 1.82) is 0 Å². The highest BCUT2D eigenvalue weighted by Gasteiger charge is 2.19. The number of epoxide rings is 1. The topological polar surface area (TPSA) is 149 Å². The molecular formula is C6H12N6O2. The second kappa shape index (κ2) is 4.53. The van der Waals surface area contributed by atoms with Gasteiger partial charge in [0.15, 0.2) is 0 Å². The van der Waals surface area contributed by atoms with Gasteiger partial charge in [0.2, 0.25) is 17.8 Å². The molecule has 78 valence electrons. The summed E-state index contributed by atoms with van der Waals surface area (Å²) in [5.41, 5.74) is 15.4. The Bertz CT molecular complexity index is 252. The molecule has 2 heterocycles. The molecule has 1 fully saturated rings. The van der Waals surface area contributed by atoms with Crippen LogP contribution in [0.2, 0.25) is 0 Å². The number of nitrogen functional groups attached to an aromatic ring is 3. The van der Waals surface area contributed by atoms with Crippen LogP contribution in [0.4, 0.5) is 17.8 Å². The van der Waals surface area contributed by atoms with E-state index >= 15 is 0 Å². The molecule has 2 rings (SSSR count). The predicted molar refractivity (Wildman–Crippen MR) is 49.9 cm³/mol. The molecule has 0 radical (unpaired) electrons. The Morgan fingerprint density at radius 2 is 1.50 bits per heavy atom. The average molecular weight is 200 g/mol. The molecule has 1 unspecified atom stereocenters. The molecule has 8 heteroatoms. The van der Waals surface area contributed by atoms with Gasteiger partial charge in [-0.25, -0.2) is 0 Å². The van der Waals surface area contributed by atoms with Gasteiger partial charge in [-0.2, -0.15) is 15.0 Å². The first-order chi connectivity index (χ1) is 6.61. The normalized spacial score (nSPS) is 18.2. The standard InChI is InChI=1S/C3H6N6.C3H6O2/c4-1-7-2(5)9-3(6)8-1;4-1-3-2-5-3/h(H6,4,5,6,7,8,9);3-4H,1-2H2. The monoisotopic (exact) mass is 200 g/mol. The Labute approximate surface area is 80.1 Å². The lowest BCUT2D eigenvalue weighted by Crippen LogP contribution is -2.05. The van der Waals surface area contributed by atoms with Gasteiger partial charge < -0.3 is 27.0 Å². The third kappa shape index (κ3) is 3.83. The predicted octanol–water partition coefficient (Wildman–Crippen LogP) is -2.00. The number of nitrogens with two attached hydrogens (primary N) is 3. The van der Waals surface area contributed by atoms with E-state index in [2.05, 4.69) is 19.7 Å². The summed E-state index contributed by atoms with van der Waals surface area (Å²) in [6, 6.07) is 0. The van der Waals surface area contributed by atoms with E-state index < -0.39 is 0 Å². The summed E-state index contributed by atoms with van der Waals surface area (Å²) in [6.45, 7) is 0.955. The minimum atomic E-state index is 0.0417. The highest BCUT2D eigenvalue weighted by Crippen LogP contribution is 2.04. The maximum atomic E-state index is 8.08. The van der Waals surface area contributed by atoms with E-state index in [1.165, 1.54) is 0 Å². The first-order valence-electron chi connectivity index (χ1n) is 3.86. The van der Waals surface area contributed by atoms with Gasteiger partial charge in [0.25, 0.3) is 0 Å². The molecule has 1 aromatic rings. The molecule has 0 saturated carbocycles. The van der Waals surface area contributed by atoms with E-state index in [9.17, 15) is 0 Å². The van der Waals surface area contributed by atoms with Crippen LogP contribution in [0.1, 0.15) is 0 Å². The van der Waals surface area contributed by atoms with Crippen molar-refractivity contribution in [3.8, 4) is 0 Å². The molecule has 8 nitrogen and oxygen atoms in total. The van der Waals surface area contributed by atoms with Crippen molar-refractivity contribution in [1.82, 2.24) is 15.0 Å². The number of rotatable bonds is 1. The summed E-state index contributed by atoms with van der Waals surface area (Å²) >= 11 is 0. The van der Waals surface area contributed by atoms with Gasteiger partial charge in [0.1, 0.15) is 6.10 Å². The number of aromatic nitrogens is 3. The number of nitrogens with zero attached hydrogens (tertiary/aromatic N) is 3. The molecule has 0 aromatic carbocycles. The van der Waals surface area contributed by atoms with Crippen LogP contribution in [-0.4, -0.2) is 39.4 Å². The van der Waals surface area contributed by atoms with E-state index in [0.717, 1.165) is 6.61 Å². The van der Waals surface area contributed by atoms with E-state index in [1.807, 2.05) is 0 Å². The number of hydrogen-bond acceptors (Lipinski definition) is 8. The van der Waals surface area contributed by atoms with Crippen LogP contribution in [0.15, 0.2) is 0 Å². The summed E-state index contributed by atoms with van der Waals surface area (Å²) in [7, 11) is 0. The summed E-state index contributed by atoms with van der Waals surface area (Å²) in [6.07, 6.45) is 0.190. The summed E-state index contributed by atoms with van der Waals surface area (Å²) in [5, 5.41) is 8.08. The molecule has 0 spiro atoms. The van der Waals surface area contributed by atoms with Crippen molar-refractivity contribution in [2.75, 3.05) is 30.4 Å². The minimum absolute atomic E-state index is 0.0417. The fourth-order valence-corrected chi connectivity index (χ4v) is 0.601. The van der Waals surface area contributed by atoms with Crippen LogP contribution < -0.4 is 17.2 Å². The van der Waals surface area contributed by atoms with Gasteiger partial charge in [-0.3, -0.25) is 0 Å². The van der Waals surface area contributed by atoms with Crippen molar-refractivity contribution >= 4 is 17.8 Å². The Hall–Kier alpha value is -1.67. The number of hydrogen-bond donors (Lipinski definition) is 4. The summed E-state index contributed by atoms with van der Waals surface area (Å²) in [4.78, 5) is 10.5. The first kappa shape index (κ1) is 10.4. The Morgan fingerprint density at radius 3 is 1.64 bits per heavy atom. The van der Waals surface area contributed by atoms with Crippen molar-refractivity contribution in [2.24, 2.45) is 0 Å². The molecule has 1 saturated heterocycles. The third-order valence-electron chi connectivity index (χ3n) is 1.29. The molecule has 0 aliphatic carbocycles. The van der Waals surface area contributed by atoms with Crippen molar-refractivity contribution in [3.05, 3.63) is 0 Å². The minimum Gasteiger partial charge on any atom is -0.394 e. The lowest BCUT2D eigenvalue weighted by atomic mass is 10.5. The van der Waals surface area contributed by atoms with Crippen LogP contribution in [0.5, 0.6) is 0 Å². The van der Waals surface area contributed by atoms with Crippen molar-refractivity contribution in [2.45, 2.75) is 6.10 Å². The largest absolute Gasteiger partial charge is 0.394 e. The number of anilines is 3. The molecule has 1 aliphatic rings. The Balaban J connectivity index is 0.000000165. The van der Waals surface area contributed by atoms with Gasteiger partial charge in [0, 0.05) is 0 Å². The quantitative estimate of drug-likeness (QED) is 0.380. The molecule has 1 atom stereocenters.